The highest BCUT2D eigenvalue weighted by Gasteiger charge is 2.15. The predicted octanol–water partition coefficient (Wildman–Crippen LogP) is 2.50. The van der Waals surface area contributed by atoms with Gasteiger partial charge in [-0.05, 0) is 39.8 Å². The molecule has 116 valence electrons. The summed E-state index contributed by atoms with van der Waals surface area (Å²) in [5.41, 5.74) is 1.76. The Kier molecular flexibility index (Phi) is 5.90. The lowest BCUT2D eigenvalue weighted by atomic mass is 10.1. The van der Waals surface area contributed by atoms with E-state index in [2.05, 4.69) is 10.6 Å². The van der Waals surface area contributed by atoms with Crippen molar-refractivity contribution in [1.29, 1.82) is 0 Å². The molecule has 0 aliphatic rings. The Bertz CT molecular complexity index is 519. The van der Waals surface area contributed by atoms with Crippen molar-refractivity contribution in [3.8, 4) is 0 Å². The fraction of sp³-hybridized carbons (Fsp3) is 0.500. The Labute approximate surface area is 126 Å². The van der Waals surface area contributed by atoms with E-state index in [9.17, 15) is 9.59 Å². The van der Waals surface area contributed by atoms with Crippen LogP contribution >= 0.6 is 0 Å². The number of carbonyl (C=O) groups excluding carboxylic acids is 2. The smallest absolute Gasteiger partial charge is 0.339 e. The van der Waals surface area contributed by atoms with E-state index < -0.39 is 5.97 Å². The summed E-state index contributed by atoms with van der Waals surface area (Å²) in [5, 5.41) is 6.00. The van der Waals surface area contributed by atoms with Gasteiger partial charge in [-0.3, -0.25) is 4.79 Å². The first-order chi connectivity index (χ1) is 9.73. The van der Waals surface area contributed by atoms with Crippen LogP contribution in [0.25, 0.3) is 0 Å². The molecule has 0 aromatic heterocycles. The van der Waals surface area contributed by atoms with Gasteiger partial charge in [0.1, 0.15) is 0 Å². The minimum atomic E-state index is -0.457. The summed E-state index contributed by atoms with van der Waals surface area (Å²) in [7, 11) is 1.32. The first kappa shape index (κ1) is 17.2. The van der Waals surface area contributed by atoms with Crippen LogP contribution in [-0.4, -0.2) is 31.1 Å². The summed E-state index contributed by atoms with van der Waals surface area (Å²) in [6, 6.07) is 5.26. The first-order valence-corrected chi connectivity index (χ1v) is 6.97. The van der Waals surface area contributed by atoms with Crippen LogP contribution < -0.4 is 10.6 Å². The SMILES string of the molecule is COC(=O)c1cc(C)ccc1NC(=O)CCNC(C)(C)C. The van der Waals surface area contributed by atoms with Crippen LogP contribution in [0.15, 0.2) is 18.2 Å². The van der Waals surface area contributed by atoms with Gasteiger partial charge in [-0.15, -0.1) is 0 Å². The maximum Gasteiger partial charge on any atom is 0.339 e. The summed E-state index contributed by atoms with van der Waals surface area (Å²) in [6.45, 7) is 8.58. The average Bonchev–Trinajstić information content (AvgIpc) is 2.38. The van der Waals surface area contributed by atoms with E-state index in [0.717, 1.165) is 5.56 Å². The molecule has 0 radical (unpaired) electrons. The largest absolute Gasteiger partial charge is 0.465 e. The minimum absolute atomic E-state index is 0.0265. The zero-order valence-electron chi connectivity index (χ0n) is 13.4. The molecule has 0 heterocycles. The van der Waals surface area contributed by atoms with Crippen molar-refractivity contribution < 1.29 is 14.3 Å². The van der Waals surface area contributed by atoms with E-state index in [1.54, 1.807) is 12.1 Å². The quantitative estimate of drug-likeness (QED) is 0.818. The molecule has 1 aromatic rings. The third-order valence-corrected chi connectivity index (χ3v) is 2.86. The van der Waals surface area contributed by atoms with Crippen LogP contribution in [0, 0.1) is 6.92 Å². The molecular weight excluding hydrogens is 268 g/mol. The molecule has 0 atom stereocenters. The molecule has 1 aromatic carbocycles. The number of hydrogen-bond donors (Lipinski definition) is 2. The van der Waals surface area contributed by atoms with Gasteiger partial charge in [-0.25, -0.2) is 4.79 Å². The first-order valence-electron chi connectivity index (χ1n) is 6.97. The number of hydrogen-bond acceptors (Lipinski definition) is 4. The van der Waals surface area contributed by atoms with Crippen LogP contribution in [0.2, 0.25) is 0 Å². The Balaban J connectivity index is 2.70. The highest BCUT2D eigenvalue weighted by Crippen LogP contribution is 2.18. The van der Waals surface area contributed by atoms with Crippen molar-refractivity contribution in [2.24, 2.45) is 0 Å². The average molecular weight is 292 g/mol. The van der Waals surface area contributed by atoms with Gasteiger partial charge in [-0.1, -0.05) is 11.6 Å². The van der Waals surface area contributed by atoms with Crippen molar-refractivity contribution in [1.82, 2.24) is 5.32 Å². The Hall–Kier alpha value is -1.88. The lowest BCUT2D eigenvalue weighted by molar-refractivity contribution is -0.116. The maximum absolute atomic E-state index is 11.9. The molecule has 5 heteroatoms. The summed E-state index contributed by atoms with van der Waals surface area (Å²) in [6.07, 6.45) is 0.339. The Morgan fingerprint density at radius 2 is 1.90 bits per heavy atom. The van der Waals surface area contributed by atoms with E-state index in [-0.39, 0.29) is 11.4 Å². The van der Waals surface area contributed by atoms with Gasteiger partial charge >= 0.3 is 5.97 Å². The maximum atomic E-state index is 11.9. The summed E-state index contributed by atoms with van der Waals surface area (Å²) < 4.78 is 4.74. The Morgan fingerprint density at radius 3 is 2.48 bits per heavy atom. The van der Waals surface area contributed by atoms with Crippen molar-refractivity contribution >= 4 is 17.6 Å². The third-order valence-electron chi connectivity index (χ3n) is 2.86. The topological polar surface area (TPSA) is 67.4 Å². The molecule has 1 rings (SSSR count). The number of amides is 1. The molecule has 1 amide bonds. The van der Waals surface area contributed by atoms with E-state index in [1.165, 1.54) is 7.11 Å². The number of benzene rings is 1. The molecule has 0 spiro atoms. The highest BCUT2D eigenvalue weighted by molar-refractivity contribution is 6.01. The number of ether oxygens (including phenoxy) is 1. The number of carbonyl (C=O) groups is 2. The molecule has 2 N–H and O–H groups in total. The van der Waals surface area contributed by atoms with Crippen LogP contribution in [0.3, 0.4) is 0 Å². The van der Waals surface area contributed by atoms with Gasteiger partial charge in [0, 0.05) is 18.5 Å². The normalized spacial score (nSPS) is 11.1. The molecule has 0 saturated heterocycles. The lowest BCUT2D eigenvalue weighted by Gasteiger charge is -2.20. The number of nitrogens with one attached hydrogen (secondary N) is 2. The summed E-state index contributed by atoms with van der Waals surface area (Å²) in [5.74, 6) is -0.595. The molecule has 0 fully saturated rings. The molecule has 0 bridgehead atoms. The van der Waals surface area contributed by atoms with Gasteiger partial charge in [0.15, 0.2) is 0 Å². The van der Waals surface area contributed by atoms with Crippen molar-refractivity contribution in [3.05, 3.63) is 29.3 Å². The fourth-order valence-electron chi connectivity index (χ4n) is 1.81. The fourth-order valence-corrected chi connectivity index (χ4v) is 1.81. The standard InChI is InChI=1S/C16H24N2O3/c1-11-6-7-13(12(10-11)15(20)21-5)18-14(19)8-9-17-16(2,3)4/h6-7,10,17H,8-9H2,1-5H3,(H,18,19). The third kappa shape index (κ3) is 5.95. The number of anilines is 1. The van der Waals surface area contributed by atoms with Gasteiger partial charge < -0.3 is 15.4 Å². The zero-order chi connectivity index (χ0) is 16.0. The molecule has 5 nitrogen and oxygen atoms in total. The van der Waals surface area contributed by atoms with Gasteiger partial charge in [-0.2, -0.15) is 0 Å². The molecule has 0 aliphatic carbocycles. The summed E-state index contributed by atoms with van der Waals surface area (Å²) >= 11 is 0. The number of methoxy groups -OCH3 is 1. The number of esters is 1. The van der Waals surface area contributed by atoms with Gasteiger partial charge in [0.05, 0.1) is 18.4 Å². The van der Waals surface area contributed by atoms with E-state index in [4.69, 9.17) is 4.74 Å². The monoisotopic (exact) mass is 292 g/mol. The van der Waals surface area contributed by atoms with Crippen LogP contribution in [-0.2, 0) is 9.53 Å². The van der Waals surface area contributed by atoms with Gasteiger partial charge in [0.25, 0.3) is 0 Å². The van der Waals surface area contributed by atoms with Gasteiger partial charge in [0.2, 0.25) is 5.91 Å². The van der Waals surface area contributed by atoms with Crippen molar-refractivity contribution in [2.75, 3.05) is 19.0 Å². The summed E-state index contributed by atoms with van der Waals surface area (Å²) in [4.78, 5) is 23.7. The van der Waals surface area contributed by atoms with Crippen molar-refractivity contribution in [2.45, 2.75) is 39.7 Å². The second kappa shape index (κ2) is 7.22. The lowest BCUT2D eigenvalue weighted by Crippen LogP contribution is -2.37. The molecule has 0 aliphatic heterocycles. The number of rotatable bonds is 5. The minimum Gasteiger partial charge on any atom is -0.465 e. The predicted molar refractivity (Wildman–Crippen MR) is 83.5 cm³/mol. The second-order valence-electron chi connectivity index (χ2n) is 6.02. The zero-order valence-corrected chi connectivity index (χ0v) is 13.4. The van der Waals surface area contributed by atoms with Crippen molar-refractivity contribution in [3.63, 3.8) is 0 Å². The molecular formula is C16H24N2O3. The molecule has 0 unspecified atom stereocenters. The molecule has 0 saturated carbocycles. The second-order valence-corrected chi connectivity index (χ2v) is 6.02. The Morgan fingerprint density at radius 1 is 1.24 bits per heavy atom. The van der Waals surface area contributed by atoms with Crippen LogP contribution in [0.1, 0.15) is 43.1 Å². The van der Waals surface area contributed by atoms with Crippen LogP contribution in [0.4, 0.5) is 5.69 Å². The number of aryl methyl sites for hydroxylation is 1. The van der Waals surface area contributed by atoms with E-state index >= 15 is 0 Å². The highest BCUT2D eigenvalue weighted by atomic mass is 16.5. The van der Waals surface area contributed by atoms with Crippen LogP contribution in [0.5, 0.6) is 0 Å². The van der Waals surface area contributed by atoms with E-state index in [1.807, 2.05) is 33.8 Å². The van der Waals surface area contributed by atoms with E-state index in [0.29, 0.717) is 24.2 Å². The molecule has 21 heavy (non-hydrogen) atoms.